The van der Waals surface area contributed by atoms with Crippen LogP contribution in [0.3, 0.4) is 0 Å². The highest BCUT2D eigenvalue weighted by molar-refractivity contribution is 5.20. The van der Waals surface area contributed by atoms with E-state index < -0.39 is 0 Å². The summed E-state index contributed by atoms with van der Waals surface area (Å²) < 4.78 is 0. The maximum absolute atomic E-state index is 5.77. The Hall–Kier alpha value is -0.960. The van der Waals surface area contributed by atoms with Gasteiger partial charge in [-0.2, -0.15) is 0 Å². The van der Waals surface area contributed by atoms with Crippen molar-refractivity contribution in [1.29, 1.82) is 0 Å². The molecule has 0 amide bonds. The van der Waals surface area contributed by atoms with Gasteiger partial charge in [-0.1, -0.05) is 34.6 Å². The van der Waals surface area contributed by atoms with Crippen molar-refractivity contribution in [3.63, 3.8) is 0 Å². The molecule has 0 saturated heterocycles. The van der Waals surface area contributed by atoms with E-state index in [-0.39, 0.29) is 10.8 Å². The van der Waals surface area contributed by atoms with Crippen LogP contribution in [0.15, 0.2) is 6.07 Å². The Kier molecular flexibility index (Phi) is 3.38. The maximum Gasteiger partial charge on any atom is 0.135 e. The van der Waals surface area contributed by atoms with Crippen LogP contribution in [-0.4, -0.2) is 16.5 Å². The van der Waals surface area contributed by atoms with Crippen molar-refractivity contribution in [2.75, 3.05) is 6.54 Å². The van der Waals surface area contributed by atoms with Gasteiger partial charge in [0.25, 0.3) is 0 Å². The van der Waals surface area contributed by atoms with E-state index in [1.54, 1.807) is 0 Å². The van der Waals surface area contributed by atoms with E-state index in [0.29, 0.717) is 6.54 Å². The van der Waals surface area contributed by atoms with E-state index in [1.807, 2.05) is 6.92 Å². The predicted molar refractivity (Wildman–Crippen MR) is 67.5 cm³/mol. The summed E-state index contributed by atoms with van der Waals surface area (Å²) >= 11 is 0. The molecule has 0 aliphatic heterocycles. The summed E-state index contributed by atoms with van der Waals surface area (Å²) in [5.74, 6) is 0.847. The Labute approximate surface area is 98.5 Å². The summed E-state index contributed by atoms with van der Waals surface area (Å²) in [7, 11) is 0. The second-order valence-corrected chi connectivity index (χ2v) is 6.06. The number of hydrogen-bond donors (Lipinski definition) is 1. The second kappa shape index (κ2) is 4.13. The van der Waals surface area contributed by atoms with Gasteiger partial charge in [-0.25, -0.2) is 9.97 Å². The van der Waals surface area contributed by atoms with Gasteiger partial charge in [-0.15, -0.1) is 0 Å². The van der Waals surface area contributed by atoms with Crippen molar-refractivity contribution in [2.24, 2.45) is 5.73 Å². The lowest BCUT2D eigenvalue weighted by Crippen LogP contribution is -2.32. The minimum atomic E-state index is -0.161. The summed E-state index contributed by atoms with van der Waals surface area (Å²) in [4.78, 5) is 9.16. The van der Waals surface area contributed by atoms with E-state index in [9.17, 15) is 0 Å². The molecule has 1 aromatic heterocycles. The molecule has 0 radical (unpaired) electrons. The predicted octanol–water partition coefficient (Wildman–Crippen LogP) is 2.32. The van der Waals surface area contributed by atoms with Crippen LogP contribution < -0.4 is 5.73 Å². The van der Waals surface area contributed by atoms with E-state index in [2.05, 4.69) is 50.7 Å². The fourth-order valence-corrected chi connectivity index (χ4v) is 1.35. The van der Waals surface area contributed by atoms with E-state index in [0.717, 1.165) is 17.2 Å². The Morgan fingerprint density at radius 3 is 2.12 bits per heavy atom. The monoisotopic (exact) mass is 221 g/mol. The third kappa shape index (κ3) is 2.79. The molecule has 1 aromatic rings. The fraction of sp³-hybridized carbons (Fsp3) is 0.692. The molecule has 0 aliphatic rings. The highest BCUT2D eigenvalue weighted by atomic mass is 14.9. The van der Waals surface area contributed by atoms with Gasteiger partial charge >= 0.3 is 0 Å². The van der Waals surface area contributed by atoms with Crippen molar-refractivity contribution in [3.8, 4) is 0 Å². The van der Waals surface area contributed by atoms with E-state index in [4.69, 9.17) is 5.73 Å². The molecule has 0 atom stereocenters. The summed E-state index contributed by atoms with van der Waals surface area (Å²) in [6.45, 7) is 13.2. The minimum Gasteiger partial charge on any atom is -0.329 e. The van der Waals surface area contributed by atoms with Crippen molar-refractivity contribution < 1.29 is 0 Å². The average Bonchev–Trinajstić information content (AvgIpc) is 2.15. The lowest BCUT2D eigenvalue weighted by Gasteiger charge is -2.25. The highest BCUT2D eigenvalue weighted by Gasteiger charge is 2.25. The second-order valence-electron chi connectivity index (χ2n) is 6.06. The van der Waals surface area contributed by atoms with Crippen molar-refractivity contribution in [2.45, 2.75) is 52.4 Å². The van der Waals surface area contributed by atoms with Crippen molar-refractivity contribution in [3.05, 3.63) is 23.3 Å². The third-order valence-electron chi connectivity index (χ3n) is 2.74. The van der Waals surface area contributed by atoms with Crippen LogP contribution in [0.5, 0.6) is 0 Å². The molecule has 1 heterocycles. The molecule has 3 heteroatoms. The molecule has 0 fully saturated rings. The summed E-state index contributed by atoms with van der Waals surface area (Å²) in [6.07, 6.45) is 0. The number of rotatable bonds is 2. The van der Waals surface area contributed by atoms with Crippen LogP contribution in [0.25, 0.3) is 0 Å². The lowest BCUT2D eigenvalue weighted by atomic mass is 9.89. The Balaban J connectivity index is 3.29. The maximum atomic E-state index is 5.77. The largest absolute Gasteiger partial charge is 0.329 e. The molecule has 3 nitrogen and oxygen atoms in total. The zero-order chi connectivity index (χ0) is 12.6. The average molecular weight is 221 g/mol. The number of nitrogens with two attached hydrogens (primary N) is 1. The molecule has 0 saturated carbocycles. The van der Waals surface area contributed by atoms with Crippen LogP contribution in [0.2, 0.25) is 0 Å². The molecule has 0 bridgehead atoms. The first-order valence-electron chi connectivity index (χ1n) is 5.73. The van der Waals surface area contributed by atoms with Crippen LogP contribution in [-0.2, 0) is 10.8 Å². The quantitative estimate of drug-likeness (QED) is 0.834. The van der Waals surface area contributed by atoms with Gasteiger partial charge < -0.3 is 5.73 Å². The third-order valence-corrected chi connectivity index (χ3v) is 2.74. The van der Waals surface area contributed by atoms with Crippen LogP contribution in [0.1, 0.15) is 51.8 Å². The summed E-state index contributed by atoms with van der Waals surface area (Å²) in [5.41, 5.74) is 7.75. The van der Waals surface area contributed by atoms with Crippen LogP contribution in [0, 0.1) is 6.92 Å². The Bertz CT molecular complexity index is 375. The van der Waals surface area contributed by atoms with Crippen LogP contribution >= 0.6 is 0 Å². The van der Waals surface area contributed by atoms with Gasteiger partial charge in [0.15, 0.2) is 0 Å². The summed E-state index contributed by atoms with van der Waals surface area (Å²) in [5, 5.41) is 0. The molecule has 2 N–H and O–H groups in total. The molecule has 0 spiro atoms. The fourth-order valence-electron chi connectivity index (χ4n) is 1.35. The van der Waals surface area contributed by atoms with Crippen molar-refractivity contribution >= 4 is 0 Å². The van der Waals surface area contributed by atoms with Gasteiger partial charge in [-0.05, 0) is 13.0 Å². The number of aromatic nitrogens is 2. The van der Waals surface area contributed by atoms with Gasteiger partial charge in [0, 0.05) is 28.8 Å². The molecular formula is C13H23N3. The van der Waals surface area contributed by atoms with Gasteiger partial charge in [0.1, 0.15) is 5.82 Å². The molecule has 1 rings (SSSR count). The first kappa shape index (κ1) is 13.1. The lowest BCUT2D eigenvalue weighted by molar-refractivity contribution is 0.483. The van der Waals surface area contributed by atoms with Crippen LogP contribution in [0.4, 0.5) is 0 Å². The molecule has 0 aliphatic carbocycles. The molecular weight excluding hydrogens is 198 g/mol. The van der Waals surface area contributed by atoms with Crippen molar-refractivity contribution in [1.82, 2.24) is 9.97 Å². The standard InChI is InChI=1S/C13H23N3/c1-9-7-10(12(2,3)4)16-11(15-9)13(5,6)8-14/h7H,8,14H2,1-6H3. The Morgan fingerprint density at radius 1 is 1.12 bits per heavy atom. The minimum absolute atomic E-state index is 0.0487. The summed E-state index contributed by atoms with van der Waals surface area (Å²) in [6, 6.07) is 2.05. The van der Waals surface area contributed by atoms with Gasteiger partial charge in [0.2, 0.25) is 0 Å². The molecule has 0 aromatic carbocycles. The number of hydrogen-bond acceptors (Lipinski definition) is 3. The zero-order valence-corrected chi connectivity index (χ0v) is 11.3. The van der Waals surface area contributed by atoms with Gasteiger partial charge in [0.05, 0.1) is 0 Å². The zero-order valence-electron chi connectivity index (χ0n) is 11.3. The Morgan fingerprint density at radius 2 is 1.69 bits per heavy atom. The normalized spacial score (nSPS) is 12.9. The first-order chi connectivity index (χ1) is 7.16. The number of nitrogens with zero attached hydrogens (tertiary/aromatic N) is 2. The molecule has 90 valence electrons. The molecule has 16 heavy (non-hydrogen) atoms. The highest BCUT2D eigenvalue weighted by Crippen LogP contribution is 2.24. The smallest absolute Gasteiger partial charge is 0.135 e. The van der Waals surface area contributed by atoms with E-state index in [1.165, 1.54) is 0 Å². The SMILES string of the molecule is Cc1cc(C(C)(C)C)nc(C(C)(C)CN)n1. The first-order valence-corrected chi connectivity index (χ1v) is 5.73. The van der Waals surface area contributed by atoms with Gasteiger partial charge in [-0.3, -0.25) is 0 Å². The number of aryl methyl sites for hydroxylation is 1. The topological polar surface area (TPSA) is 51.8 Å². The van der Waals surface area contributed by atoms with E-state index >= 15 is 0 Å². The molecule has 0 unspecified atom stereocenters.